The molecule has 1 aliphatic rings. The Labute approximate surface area is 95.6 Å². The molecule has 0 aliphatic heterocycles. The average Bonchev–Trinajstić information content (AvgIpc) is 3.00. The first-order chi connectivity index (χ1) is 7.81. The van der Waals surface area contributed by atoms with Crippen molar-refractivity contribution in [2.75, 3.05) is 6.54 Å². The van der Waals surface area contributed by atoms with Crippen molar-refractivity contribution in [3.05, 3.63) is 24.2 Å². The van der Waals surface area contributed by atoms with E-state index in [-0.39, 0.29) is 6.03 Å². The smallest absolute Gasteiger partial charge is 0.318 e. The fraction of sp³-hybridized carbons (Fsp3) is 0.583. The summed E-state index contributed by atoms with van der Waals surface area (Å²) in [7, 11) is 0. The largest absolute Gasteiger partial charge is 0.467 e. The van der Waals surface area contributed by atoms with Crippen LogP contribution in [0.4, 0.5) is 4.79 Å². The summed E-state index contributed by atoms with van der Waals surface area (Å²) in [5.74, 6) is 0.846. The van der Waals surface area contributed by atoms with Gasteiger partial charge >= 0.3 is 6.03 Å². The van der Waals surface area contributed by atoms with E-state index in [0.29, 0.717) is 12.6 Å². The summed E-state index contributed by atoms with van der Waals surface area (Å²) >= 11 is 0. The van der Waals surface area contributed by atoms with Gasteiger partial charge in [-0.05, 0) is 31.4 Å². The SMILES string of the molecule is CCCNC(=O)N(Cc1ccco1)C1CC1. The fourth-order valence-corrected chi connectivity index (χ4v) is 1.66. The van der Waals surface area contributed by atoms with E-state index in [0.717, 1.165) is 31.6 Å². The second kappa shape index (κ2) is 5.05. The predicted octanol–water partition coefficient (Wildman–Crippen LogP) is 2.36. The molecule has 0 radical (unpaired) electrons. The molecule has 1 aromatic heterocycles. The van der Waals surface area contributed by atoms with E-state index in [2.05, 4.69) is 5.32 Å². The van der Waals surface area contributed by atoms with Gasteiger partial charge in [0.1, 0.15) is 5.76 Å². The van der Waals surface area contributed by atoms with Crippen molar-refractivity contribution >= 4 is 6.03 Å². The lowest BCUT2D eigenvalue weighted by Crippen LogP contribution is -2.41. The maximum atomic E-state index is 11.9. The molecule has 4 nitrogen and oxygen atoms in total. The van der Waals surface area contributed by atoms with Crippen molar-refractivity contribution in [2.24, 2.45) is 0 Å². The Morgan fingerprint density at radius 1 is 1.62 bits per heavy atom. The van der Waals surface area contributed by atoms with Gasteiger partial charge in [-0.15, -0.1) is 0 Å². The summed E-state index contributed by atoms with van der Waals surface area (Å²) in [6, 6.07) is 4.19. The molecule has 4 heteroatoms. The zero-order valence-corrected chi connectivity index (χ0v) is 9.61. The van der Waals surface area contributed by atoms with Gasteiger partial charge in [-0.25, -0.2) is 4.79 Å². The van der Waals surface area contributed by atoms with Crippen molar-refractivity contribution in [3.63, 3.8) is 0 Å². The maximum Gasteiger partial charge on any atom is 0.318 e. The van der Waals surface area contributed by atoms with Crippen molar-refractivity contribution in [3.8, 4) is 0 Å². The Morgan fingerprint density at radius 3 is 3.00 bits per heavy atom. The van der Waals surface area contributed by atoms with Crippen molar-refractivity contribution in [1.29, 1.82) is 0 Å². The monoisotopic (exact) mass is 222 g/mol. The molecule has 1 heterocycles. The summed E-state index contributed by atoms with van der Waals surface area (Å²) in [5.41, 5.74) is 0. The molecule has 1 saturated carbocycles. The Morgan fingerprint density at radius 2 is 2.44 bits per heavy atom. The summed E-state index contributed by atoms with van der Waals surface area (Å²) in [4.78, 5) is 13.8. The summed E-state index contributed by atoms with van der Waals surface area (Å²) < 4.78 is 5.27. The van der Waals surface area contributed by atoms with E-state index in [4.69, 9.17) is 4.42 Å². The molecule has 16 heavy (non-hydrogen) atoms. The van der Waals surface area contributed by atoms with Crippen LogP contribution in [0.5, 0.6) is 0 Å². The van der Waals surface area contributed by atoms with E-state index in [1.54, 1.807) is 6.26 Å². The highest BCUT2D eigenvalue weighted by atomic mass is 16.3. The first kappa shape index (κ1) is 11.0. The van der Waals surface area contributed by atoms with Crippen LogP contribution in [0.1, 0.15) is 31.9 Å². The second-order valence-corrected chi connectivity index (χ2v) is 4.17. The molecule has 1 N–H and O–H groups in total. The molecule has 1 aromatic rings. The number of hydrogen-bond acceptors (Lipinski definition) is 2. The zero-order valence-electron chi connectivity index (χ0n) is 9.61. The van der Waals surface area contributed by atoms with Crippen LogP contribution < -0.4 is 5.32 Å². The van der Waals surface area contributed by atoms with Gasteiger partial charge in [0.25, 0.3) is 0 Å². The minimum atomic E-state index is 0.0285. The molecule has 0 spiro atoms. The number of furan rings is 1. The van der Waals surface area contributed by atoms with Crippen LogP contribution in [-0.4, -0.2) is 23.5 Å². The lowest BCUT2D eigenvalue weighted by molar-refractivity contribution is 0.187. The number of urea groups is 1. The van der Waals surface area contributed by atoms with E-state index < -0.39 is 0 Å². The van der Waals surface area contributed by atoms with Crippen LogP contribution in [0.3, 0.4) is 0 Å². The van der Waals surface area contributed by atoms with Gasteiger partial charge in [0.05, 0.1) is 12.8 Å². The predicted molar refractivity (Wildman–Crippen MR) is 61.0 cm³/mol. The molecule has 0 bridgehead atoms. The molecule has 0 atom stereocenters. The number of carbonyl (C=O) groups excluding carboxylic acids is 1. The summed E-state index contributed by atoms with van der Waals surface area (Å²) in [6.45, 7) is 3.36. The fourth-order valence-electron chi connectivity index (χ4n) is 1.66. The van der Waals surface area contributed by atoms with Gasteiger partial charge in [-0.3, -0.25) is 0 Å². The first-order valence-electron chi connectivity index (χ1n) is 5.88. The van der Waals surface area contributed by atoms with Gasteiger partial charge in [-0.1, -0.05) is 6.92 Å². The topological polar surface area (TPSA) is 45.5 Å². The summed E-state index contributed by atoms with van der Waals surface area (Å²) in [6.07, 6.45) is 4.83. The summed E-state index contributed by atoms with van der Waals surface area (Å²) in [5, 5.41) is 2.91. The number of nitrogens with zero attached hydrogens (tertiary/aromatic N) is 1. The molecule has 0 unspecified atom stereocenters. The maximum absolute atomic E-state index is 11.9. The van der Waals surface area contributed by atoms with E-state index >= 15 is 0 Å². The molecule has 0 aromatic carbocycles. The van der Waals surface area contributed by atoms with Gasteiger partial charge in [0.15, 0.2) is 0 Å². The Hall–Kier alpha value is -1.45. The standard InChI is InChI=1S/C12H18N2O2/c1-2-7-13-12(15)14(10-5-6-10)9-11-4-3-8-16-11/h3-4,8,10H,2,5-7,9H2,1H3,(H,13,15). The molecule has 88 valence electrons. The molecule has 0 saturated heterocycles. The number of carbonyl (C=O) groups is 1. The molecular formula is C12H18N2O2. The zero-order chi connectivity index (χ0) is 11.4. The number of hydrogen-bond donors (Lipinski definition) is 1. The van der Waals surface area contributed by atoms with Gasteiger partial charge < -0.3 is 14.6 Å². The highest BCUT2D eigenvalue weighted by Gasteiger charge is 2.32. The van der Waals surface area contributed by atoms with Crippen LogP contribution >= 0.6 is 0 Å². The van der Waals surface area contributed by atoms with E-state index in [9.17, 15) is 4.79 Å². The second-order valence-electron chi connectivity index (χ2n) is 4.17. The molecular weight excluding hydrogens is 204 g/mol. The minimum Gasteiger partial charge on any atom is -0.467 e. The highest BCUT2D eigenvalue weighted by molar-refractivity contribution is 5.74. The third kappa shape index (κ3) is 2.78. The Kier molecular flexibility index (Phi) is 3.49. The third-order valence-electron chi connectivity index (χ3n) is 2.68. The van der Waals surface area contributed by atoms with Crippen LogP contribution in [0.15, 0.2) is 22.8 Å². The molecule has 2 rings (SSSR count). The van der Waals surface area contributed by atoms with Crippen molar-refractivity contribution in [2.45, 2.75) is 38.8 Å². The van der Waals surface area contributed by atoms with Crippen LogP contribution in [-0.2, 0) is 6.54 Å². The minimum absolute atomic E-state index is 0.0285. The van der Waals surface area contributed by atoms with Crippen LogP contribution in [0.2, 0.25) is 0 Å². The normalized spacial score (nSPS) is 14.8. The number of amides is 2. The molecule has 1 fully saturated rings. The van der Waals surface area contributed by atoms with E-state index in [1.807, 2.05) is 24.0 Å². The first-order valence-corrected chi connectivity index (χ1v) is 5.88. The Bertz CT molecular complexity index is 331. The van der Waals surface area contributed by atoms with Gasteiger partial charge in [-0.2, -0.15) is 0 Å². The highest BCUT2D eigenvalue weighted by Crippen LogP contribution is 2.28. The lowest BCUT2D eigenvalue weighted by atomic mass is 10.4. The van der Waals surface area contributed by atoms with Crippen molar-refractivity contribution < 1.29 is 9.21 Å². The molecule has 2 amide bonds. The van der Waals surface area contributed by atoms with Crippen LogP contribution in [0, 0.1) is 0 Å². The van der Waals surface area contributed by atoms with Crippen molar-refractivity contribution in [1.82, 2.24) is 10.2 Å². The Balaban J connectivity index is 1.92. The third-order valence-corrected chi connectivity index (χ3v) is 2.68. The number of nitrogens with one attached hydrogen (secondary N) is 1. The lowest BCUT2D eigenvalue weighted by Gasteiger charge is -2.21. The van der Waals surface area contributed by atoms with Gasteiger partial charge in [0, 0.05) is 12.6 Å². The van der Waals surface area contributed by atoms with Crippen LogP contribution in [0.25, 0.3) is 0 Å². The molecule has 1 aliphatic carbocycles. The quantitative estimate of drug-likeness (QED) is 0.831. The van der Waals surface area contributed by atoms with E-state index in [1.165, 1.54) is 0 Å². The average molecular weight is 222 g/mol. The van der Waals surface area contributed by atoms with Gasteiger partial charge in [0.2, 0.25) is 0 Å². The number of rotatable bonds is 5.